The fourth-order valence-corrected chi connectivity index (χ4v) is 6.85. The van der Waals surface area contributed by atoms with Gasteiger partial charge in [0.1, 0.15) is 11.8 Å². The first-order chi connectivity index (χ1) is 21.1. The Morgan fingerprint density at radius 2 is 1.59 bits per heavy atom. The van der Waals surface area contributed by atoms with E-state index >= 15 is 0 Å². The van der Waals surface area contributed by atoms with Gasteiger partial charge in [0.15, 0.2) is 0 Å². The molecule has 0 aliphatic carbocycles. The van der Waals surface area contributed by atoms with Gasteiger partial charge in [-0.05, 0) is 93.8 Å². The van der Waals surface area contributed by atoms with Crippen LogP contribution in [-0.2, 0) is 21.2 Å². The second-order valence-electron chi connectivity index (χ2n) is 10.4. The van der Waals surface area contributed by atoms with Crippen LogP contribution in [0, 0.1) is 0 Å². The molecule has 0 unspecified atom stereocenters. The van der Waals surface area contributed by atoms with Crippen LogP contribution in [-0.4, -0.2) is 69.3 Å². The molecule has 4 rings (SSSR count). The number of sulfonamides is 1. The van der Waals surface area contributed by atoms with Crippen molar-refractivity contribution >= 4 is 50.7 Å². The standard InChI is InChI=1S/C32H39ClN4O6S/c1-4-35(5-2)25-13-18-30(37(6-3)44(41,42)27-16-11-24(33)12-17-27)28(22-25)34-29(31(38)39)21-23-9-14-26(15-10-23)43-32(40)36-19-7-8-20-36/h9-18,22,29,34H,4-8,19-21H2,1-3H3,(H,38,39)/t29-/m1/s1. The van der Waals surface area contributed by atoms with E-state index in [1.807, 2.05) is 19.9 Å². The second-order valence-corrected chi connectivity index (χ2v) is 12.7. The number of carbonyl (C=O) groups excluding carboxylic acids is 1. The predicted molar refractivity (Wildman–Crippen MR) is 174 cm³/mol. The maximum absolute atomic E-state index is 13.8. The highest BCUT2D eigenvalue weighted by molar-refractivity contribution is 7.92. The van der Waals surface area contributed by atoms with Gasteiger partial charge in [-0.2, -0.15) is 0 Å². The molecule has 0 spiro atoms. The molecule has 12 heteroatoms. The van der Waals surface area contributed by atoms with Crippen molar-refractivity contribution < 1.29 is 27.9 Å². The lowest BCUT2D eigenvalue weighted by molar-refractivity contribution is -0.137. The summed E-state index contributed by atoms with van der Waals surface area (Å²) in [5.74, 6) is -0.719. The Labute approximate surface area is 264 Å². The number of hydrogen-bond acceptors (Lipinski definition) is 7. The van der Waals surface area contributed by atoms with Crippen molar-refractivity contribution in [3.05, 3.63) is 77.3 Å². The normalized spacial score (nSPS) is 13.8. The maximum atomic E-state index is 13.8. The number of hydrogen-bond donors (Lipinski definition) is 2. The number of rotatable bonds is 13. The molecule has 0 bridgehead atoms. The third kappa shape index (κ3) is 7.75. The van der Waals surface area contributed by atoms with E-state index in [0.29, 0.717) is 53.9 Å². The number of benzene rings is 3. The summed E-state index contributed by atoms with van der Waals surface area (Å²) in [7, 11) is -3.99. The Balaban J connectivity index is 1.63. The first kappa shape index (κ1) is 32.9. The molecule has 1 aliphatic rings. The highest BCUT2D eigenvalue weighted by atomic mass is 35.5. The summed E-state index contributed by atoms with van der Waals surface area (Å²) in [5.41, 5.74) is 2.23. The van der Waals surface area contributed by atoms with Gasteiger partial charge >= 0.3 is 12.1 Å². The highest BCUT2D eigenvalue weighted by Gasteiger charge is 2.28. The van der Waals surface area contributed by atoms with Crippen LogP contribution in [0.4, 0.5) is 21.9 Å². The minimum atomic E-state index is -3.99. The van der Waals surface area contributed by atoms with Crippen LogP contribution < -0.4 is 19.3 Å². The van der Waals surface area contributed by atoms with Crippen LogP contribution in [0.3, 0.4) is 0 Å². The minimum Gasteiger partial charge on any atom is -0.480 e. The number of ether oxygens (including phenoxy) is 1. The number of amides is 1. The molecular weight excluding hydrogens is 604 g/mol. The molecule has 0 saturated carbocycles. The van der Waals surface area contributed by atoms with Crippen molar-refractivity contribution in [2.24, 2.45) is 0 Å². The Hall–Kier alpha value is -3.96. The molecule has 2 N–H and O–H groups in total. The van der Waals surface area contributed by atoms with Gasteiger partial charge in [0.25, 0.3) is 10.0 Å². The van der Waals surface area contributed by atoms with Crippen LogP contribution in [0.15, 0.2) is 71.6 Å². The molecule has 3 aromatic carbocycles. The van der Waals surface area contributed by atoms with E-state index in [2.05, 4.69) is 10.2 Å². The smallest absolute Gasteiger partial charge is 0.415 e. The van der Waals surface area contributed by atoms with E-state index in [1.54, 1.807) is 48.2 Å². The molecule has 1 amide bonds. The van der Waals surface area contributed by atoms with Crippen LogP contribution in [0.1, 0.15) is 39.2 Å². The van der Waals surface area contributed by atoms with Crippen molar-refractivity contribution in [3.8, 4) is 5.75 Å². The van der Waals surface area contributed by atoms with E-state index in [9.17, 15) is 23.1 Å². The number of aliphatic carboxylic acids is 1. The van der Waals surface area contributed by atoms with Crippen LogP contribution >= 0.6 is 11.6 Å². The fourth-order valence-electron chi connectivity index (χ4n) is 5.23. The predicted octanol–water partition coefficient (Wildman–Crippen LogP) is 6.10. The first-order valence-electron chi connectivity index (χ1n) is 14.8. The summed E-state index contributed by atoms with van der Waals surface area (Å²) in [5, 5.41) is 13.8. The van der Waals surface area contributed by atoms with E-state index in [0.717, 1.165) is 18.5 Å². The number of halogens is 1. The summed E-state index contributed by atoms with van der Waals surface area (Å²) in [6, 6.07) is 16.9. The number of anilines is 3. The van der Waals surface area contributed by atoms with Gasteiger partial charge in [0.05, 0.1) is 16.3 Å². The van der Waals surface area contributed by atoms with E-state index in [4.69, 9.17) is 16.3 Å². The molecule has 1 saturated heterocycles. The summed E-state index contributed by atoms with van der Waals surface area (Å²) >= 11 is 6.00. The molecule has 1 atom stereocenters. The zero-order valence-corrected chi connectivity index (χ0v) is 26.8. The largest absolute Gasteiger partial charge is 0.480 e. The Morgan fingerprint density at radius 1 is 0.955 bits per heavy atom. The highest BCUT2D eigenvalue weighted by Crippen LogP contribution is 2.35. The van der Waals surface area contributed by atoms with Crippen molar-refractivity contribution in [1.82, 2.24) is 4.90 Å². The van der Waals surface area contributed by atoms with Gasteiger partial charge in [0, 0.05) is 49.9 Å². The molecule has 1 heterocycles. The number of nitrogens with one attached hydrogen (secondary N) is 1. The maximum Gasteiger partial charge on any atom is 0.415 e. The molecule has 1 aliphatic heterocycles. The number of nitrogens with zero attached hydrogens (tertiary/aromatic N) is 3. The average molecular weight is 643 g/mol. The third-order valence-electron chi connectivity index (χ3n) is 7.63. The zero-order chi connectivity index (χ0) is 31.9. The van der Waals surface area contributed by atoms with Gasteiger partial charge in [0.2, 0.25) is 0 Å². The lowest BCUT2D eigenvalue weighted by atomic mass is 10.0. The molecule has 44 heavy (non-hydrogen) atoms. The van der Waals surface area contributed by atoms with E-state index in [-0.39, 0.29) is 17.9 Å². The quantitative estimate of drug-likeness (QED) is 0.229. The first-order valence-corrected chi connectivity index (χ1v) is 16.6. The fraction of sp³-hybridized carbons (Fsp3) is 0.375. The second kappa shape index (κ2) is 14.7. The summed E-state index contributed by atoms with van der Waals surface area (Å²) in [4.78, 5) is 28.7. The van der Waals surface area contributed by atoms with E-state index in [1.165, 1.54) is 28.6 Å². The Kier molecular flexibility index (Phi) is 11.0. The van der Waals surface area contributed by atoms with Gasteiger partial charge in [-0.1, -0.05) is 23.7 Å². The molecule has 236 valence electrons. The SMILES string of the molecule is CCN(CC)c1ccc(N(CC)S(=O)(=O)c2ccc(Cl)cc2)c(N[C@H](Cc2ccc(OC(=O)N3CCCC3)cc2)C(=O)O)c1. The molecule has 1 fully saturated rings. The van der Waals surface area contributed by atoms with Crippen molar-refractivity contribution in [2.75, 3.05) is 47.2 Å². The monoisotopic (exact) mass is 642 g/mol. The van der Waals surface area contributed by atoms with Crippen molar-refractivity contribution in [1.29, 1.82) is 0 Å². The molecule has 0 radical (unpaired) electrons. The van der Waals surface area contributed by atoms with Crippen molar-refractivity contribution in [3.63, 3.8) is 0 Å². The lowest BCUT2D eigenvalue weighted by Crippen LogP contribution is -2.35. The summed E-state index contributed by atoms with van der Waals surface area (Å²) < 4.78 is 34.2. The van der Waals surface area contributed by atoms with Crippen molar-refractivity contribution in [2.45, 2.75) is 51.0 Å². The summed E-state index contributed by atoms with van der Waals surface area (Å²) in [6.07, 6.45) is 1.62. The van der Waals surface area contributed by atoms with Gasteiger partial charge in [-0.15, -0.1) is 0 Å². The molecular formula is C32H39ClN4O6S. The topological polar surface area (TPSA) is 119 Å². The third-order valence-corrected chi connectivity index (χ3v) is 9.78. The summed E-state index contributed by atoms with van der Waals surface area (Å²) in [6.45, 7) is 8.65. The molecule has 3 aromatic rings. The number of likely N-dealkylation sites (tertiary alicyclic amines) is 1. The minimum absolute atomic E-state index is 0.0721. The molecule has 0 aromatic heterocycles. The van der Waals surface area contributed by atoms with Crippen LogP contribution in [0.5, 0.6) is 5.75 Å². The number of carboxylic acids is 1. The zero-order valence-electron chi connectivity index (χ0n) is 25.2. The van der Waals surface area contributed by atoms with E-state index < -0.39 is 28.1 Å². The van der Waals surface area contributed by atoms with Gasteiger partial charge < -0.3 is 25.0 Å². The van der Waals surface area contributed by atoms with Gasteiger partial charge in [-0.25, -0.2) is 18.0 Å². The Morgan fingerprint density at radius 3 is 2.16 bits per heavy atom. The lowest BCUT2D eigenvalue weighted by Gasteiger charge is -2.29. The van der Waals surface area contributed by atoms with Crippen LogP contribution in [0.2, 0.25) is 5.02 Å². The van der Waals surface area contributed by atoms with Gasteiger partial charge in [-0.3, -0.25) is 4.31 Å². The molecule has 10 nitrogen and oxygen atoms in total. The average Bonchev–Trinajstić information content (AvgIpc) is 3.55. The number of carbonyl (C=O) groups is 2. The Bertz CT molecular complexity index is 1540. The van der Waals surface area contributed by atoms with Crippen LogP contribution in [0.25, 0.3) is 0 Å². The number of carboxylic acid groups (broad SMARTS) is 1.